The highest BCUT2D eigenvalue weighted by Gasteiger charge is 2.28. The van der Waals surface area contributed by atoms with Gasteiger partial charge in [0.05, 0.1) is 15.3 Å². The Bertz CT molecular complexity index is 534. The van der Waals surface area contributed by atoms with Gasteiger partial charge in [0.2, 0.25) is 0 Å². The summed E-state index contributed by atoms with van der Waals surface area (Å²) in [5, 5.41) is 3.91. The summed E-state index contributed by atoms with van der Waals surface area (Å²) < 4.78 is 12.2. The molecular weight excluding hydrogens is 386 g/mol. The molecule has 2 N–H and O–H groups in total. The third kappa shape index (κ3) is 2.83. The number of hydrogen-bond acceptors (Lipinski definition) is 6. The normalized spacial score (nSPS) is 14.7. The monoisotopic (exact) mass is 395 g/mol. The number of methoxy groups -OCH3 is 1. The van der Waals surface area contributed by atoms with Gasteiger partial charge in [0, 0.05) is 11.6 Å². The number of hydrogen-bond donors (Lipinski definition) is 1. The summed E-state index contributed by atoms with van der Waals surface area (Å²) in [5.41, 5.74) is 5.29. The molecule has 0 radical (unpaired) electrons. The van der Waals surface area contributed by atoms with E-state index in [-0.39, 0.29) is 0 Å². The van der Waals surface area contributed by atoms with E-state index in [0.717, 1.165) is 13.1 Å². The predicted octanol–water partition coefficient (Wildman–Crippen LogP) is 3.14. The number of nitrogens with zero attached hydrogens (tertiary/aromatic N) is 2. The molecular formula is C10H11Br2N3O2S. The van der Waals surface area contributed by atoms with Gasteiger partial charge in [-0.3, -0.25) is 0 Å². The van der Waals surface area contributed by atoms with E-state index in [0.29, 0.717) is 18.3 Å². The molecule has 2 rings (SSSR count). The fourth-order valence-corrected chi connectivity index (χ4v) is 3.33. The zero-order valence-electron chi connectivity index (χ0n) is 9.74. The molecule has 0 aliphatic carbocycles. The summed E-state index contributed by atoms with van der Waals surface area (Å²) in [6.45, 7) is 2.12. The van der Waals surface area contributed by atoms with E-state index in [9.17, 15) is 0 Å². The summed E-state index contributed by atoms with van der Waals surface area (Å²) in [5.74, 6) is 0.883. The van der Waals surface area contributed by atoms with Crippen molar-refractivity contribution in [2.75, 3.05) is 13.7 Å². The minimum absolute atomic E-state index is 0.323. The Balaban J connectivity index is 2.30. The van der Waals surface area contributed by atoms with Gasteiger partial charge in [-0.1, -0.05) is 5.16 Å². The van der Waals surface area contributed by atoms with E-state index in [1.165, 1.54) is 11.3 Å². The van der Waals surface area contributed by atoms with Gasteiger partial charge >= 0.3 is 0 Å². The lowest BCUT2D eigenvalue weighted by molar-refractivity contribution is 0.135. The van der Waals surface area contributed by atoms with Gasteiger partial charge in [0.25, 0.3) is 5.89 Å². The predicted molar refractivity (Wildman–Crippen MR) is 76.4 cm³/mol. The molecule has 2 heterocycles. The van der Waals surface area contributed by atoms with Crippen LogP contribution in [-0.2, 0) is 10.3 Å². The van der Waals surface area contributed by atoms with Crippen molar-refractivity contribution in [1.82, 2.24) is 10.1 Å². The van der Waals surface area contributed by atoms with Crippen LogP contribution in [0, 0.1) is 0 Å². The highest BCUT2D eigenvalue weighted by atomic mass is 79.9. The first kappa shape index (κ1) is 14.1. The molecule has 0 spiro atoms. The maximum Gasteiger partial charge on any atom is 0.268 e. The van der Waals surface area contributed by atoms with E-state index >= 15 is 0 Å². The molecule has 2 aromatic rings. The van der Waals surface area contributed by atoms with Crippen molar-refractivity contribution in [3.8, 4) is 10.8 Å². The number of aromatic nitrogens is 2. The number of rotatable bonds is 4. The Labute approximate surface area is 125 Å². The molecule has 18 heavy (non-hydrogen) atoms. The number of thiophene rings is 1. The zero-order chi connectivity index (χ0) is 13.3. The van der Waals surface area contributed by atoms with Crippen LogP contribution >= 0.6 is 43.2 Å². The molecule has 1 unspecified atom stereocenters. The Hall–Kier alpha value is -0.280. The Morgan fingerprint density at radius 1 is 1.56 bits per heavy atom. The van der Waals surface area contributed by atoms with Gasteiger partial charge in [-0.15, -0.1) is 11.3 Å². The van der Waals surface area contributed by atoms with Gasteiger partial charge in [0.15, 0.2) is 5.82 Å². The van der Waals surface area contributed by atoms with Crippen LogP contribution in [0.4, 0.5) is 0 Å². The minimum Gasteiger partial charge on any atom is -0.382 e. The van der Waals surface area contributed by atoms with Crippen LogP contribution in [0.2, 0.25) is 0 Å². The van der Waals surface area contributed by atoms with E-state index in [4.69, 9.17) is 15.0 Å². The average Bonchev–Trinajstić information content (AvgIpc) is 2.87. The Morgan fingerprint density at radius 2 is 2.28 bits per heavy atom. The molecule has 0 amide bonds. The van der Waals surface area contributed by atoms with Gasteiger partial charge in [0.1, 0.15) is 5.54 Å². The summed E-state index contributed by atoms with van der Waals surface area (Å²) >= 11 is 8.34. The molecule has 2 aromatic heterocycles. The van der Waals surface area contributed by atoms with E-state index in [1.807, 2.05) is 6.07 Å². The van der Waals surface area contributed by atoms with E-state index in [2.05, 4.69) is 42.0 Å². The Kier molecular flexibility index (Phi) is 4.22. The molecule has 0 saturated carbocycles. The first-order valence-corrected chi connectivity index (χ1v) is 7.41. The third-order valence-electron chi connectivity index (χ3n) is 2.24. The fraction of sp³-hybridized carbons (Fsp3) is 0.400. The van der Waals surface area contributed by atoms with Gasteiger partial charge < -0.3 is 15.0 Å². The van der Waals surface area contributed by atoms with Gasteiger partial charge in [-0.05, 0) is 44.8 Å². The van der Waals surface area contributed by atoms with Crippen molar-refractivity contribution in [3.63, 3.8) is 0 Å². The van der Waals surface area contributed by atoms with Crippen molar-refractivity contribution in [2.45, 2.75) is 12.5 Å². The molecule has 0 aliphatic rings. The van der Waals surface area contributed by atoms with Gasteiger partial charge in [-0.2, -0.15) is 4.98 Å². The van der Waals surface area contributed by atoms with Crippen molar-refractivity contribution in [2.24, 2.45) is 5.73 Å². The quantitative estimate of drug-likeness (QED) is 0.859. The van der Waals surface area contributed by atoms with Crippen molar-refractivity contribution < 1.29 is 9.26 Å². The summed E-state index contributed by atoms with van der Waals surface area (Å²) in [6, 6.07) is 1.91. The molecule has 98 valence electrons. The standard InChI is InChI=1S/C10H11Br2N3O2S/c1-10(13,4-16-2)9-14-8(17-15-9)6-3-5(11)7(12)18-6/h3H,4,13H2,1-2H3. The van der Waals surface area contributed by atoms with Crippen LogP contribution in [0.5, 0.6) is 0 Å². The second-order valence-corrected chi connectivity index (χ2v) is 7.23. The van der Waals surface area contributed by atoms with Crippen LogP contribution in [0.15, 0.2) is 18.8 Å². The second-order valence-electron chi connectivity index (χ2n) is 4.01. The van der Waals surface area contributed by atoms with Crippen LogP contribution in [0.1, 0.15) is 12.7 Å². The highest BCUT2D eigenvalue weighted by molar-refractivity contribution is 9.13. The SMILES string of the molecule is COCC(C)(N)c1noc(-c2cc(Br)c(Br)s2)n1. The smallest absolute Gasteiger partial charge is 0.268 e. The molecule has 8 heteroatoms. The molecule has 0 bridgehead atoms. The third-order valence-corrected chi connectivity index (χ3v) is 5.48. The molecule has 0 fully saturated rings. The topological polar surface area (TPSA) is 74.2 Å². The summed E-state index contributed by atoms with van der Waals surface area (Å²) in [4.78, 5) is 5.19. The van der Waals surface area contributed by atoms with Crippen molar-refractivity contribution >= 4 is 43.2 Å². The van der Waals surface area contributed by atoms with Crippen molar-refractivity contribution in [3.05, 3.63) is 20.1 Å². The lowest BCUT2D eigenvalue weighted by Gasteiger charge is -2.18. The number of halogens is 2. The molecule has 0 saturated heterocycles. The van der Waals surface area contributed by atoms with Crippen LogP contribution in [0.25, 0.3) is 10.8 Å². The zero-order valence-corrected chi connectivity index (χ0v) is 13.7. The van der Waals surface area contributed by atoms with E-state index in [1.54, 1.807) is 14.0 Å². The van der Waals surface area contributed by atoms with Gasteiger partial charge in [-0.25, -0.2) is 0 Å². The highest BCUT2D eigenvalue weighted by Crippen LogP contribution is 2.37. The molecule has 5 nitrogen and oxygen atoms in total. The first-order valence-electron chi connectivity index (χ1n) is 5.01. The lowest BCUT2D eigenvalue weighted by Crippen LogP contribution is -2.38. The van der Waals surface area contributed by atoms with Crippen molar-refractivity contribution in [1.29, 1.82) is 0 Å². The first-order chi connectivity index (χ1) is 8.44. The molecule has 1 atom stereocenters. The molecule has 0 aromatic carbocycles. The summed E-state index contributed by atoms with van der Waals surface area (Å²) in [6.07, 6.45) is 0. The van der Waals surface area contributed by atoms with Crippen LogP contribution in [-0.4, -0.2) is 23.9 Å². The van der Waals surface area contributed by atoms with Crippen LogP contribution in [0.3, 0.4) is 0 Å². The molecule has 0 aliphatic heterocycles. The Morgan fingerprint density at radius 3 is 2.83 bits per heavy atom. The lowest BCUT2D eigenvalue weighted by atomic mass is 10.1. The van der Waals surface area contributed by atoms with E-state index < -0.39 is 5.54 Å². The average molecular weight is 397 g/mol. The second kappa shape index (κ2) is 5.38. The minimum atomic E-state index is -0.762. The maximum absolute atomic E-state index is 6.05. The van der Waals surface area contributed by atoms with Crippen LogP contribution < -0.4 is 5.73 Å². The maximum atomic E-state index is 6.05. The fourth-order valence-electron chi connectivity index (χ4n) is 1.37. The largest absolute Gasteiger partial charge is 0.382 e. The number of ether oxygens (including phenoxy) is 1. The summed E-state index contributed by atoms with van der Waals surface area (Å²) in [7, 11) is 1.58. The number of nitrogens with two attached hydrogens (primary N) is 1.